The van der Waals surface area contributed by atoms with Gasteiger partial charge in [-0.25, -0.2) is 0 Å². The third kappa shape index (κ3) is 4.21. The molecule has 156 valence electrons. The fraction of sp³-hybridized carbons (Fsp3) is 0.333. The van der Waals surface area contributed by atoms with E-state index in [-0.39, 0.29) is 17.5 Å². The van der Waals surface area contributed by atoms with Crippen molar-refractivity contribution in [1.82, 2.24) is 14.0 Å². The highest BCUT2D eigenvalue weighted by molar-refractivity contribution is 6.31. The van der Waals surface area contributed by atoms with E-state index in [1.165, 1.54) is 6.07 Å². The zero-order valence-corrected chi connectivity index (χ0v) is 17.9. The lowest BCUT2D eigenvalue weighted by Crippen LogP contribution is -2.36. The van der Waals surface area contributed by atoms with Gasteiger partial charge in [0, 0.05) is 42.8 Å². The monoisotopic (exact) mass is 423 g/mol. The average Bonchev–Trinajstić information content (AvgIpc) is 3.02. The molecule has 5 nitrogen and oxygen atoms in total. The number of aryl methyl sites for hydroxylation is 1. The van der Waals surface area contributed by atoms with E-state index >= 15 is 0 Å². The number of pyridine rings is 1. The van der Waals surface area contributed by atoms with Crippen molar-refractivity contribution in [1.29, 1.82) is 0 Å². The zero-order chi connectivity index (χ0) is 21.1. The molecule has 0 spiro atoms. The van der Waals surface area contributed by atoms with Crippen molar-refractivity contribution in [3.05, 3.63) is 93.1 Å². The zero-order valence-electron chi connectivity index (χ0n) is 17.1. The number of hydrogen-bond acceptors (Lipinski definition) is 2. The number of carbonyl (C=O) groups is 1. The first kappa shape index (κ1) is 20.5. The standard InChI is InChI=1S/C24H26ClN3O2/c1-26-14-7-11-21(26)22-10-3-2-6-15-28(22)24(30)19-12-13-23(29)27(17-19)16-18-8-4-5-9-20(18)25/h4-5,7-9,11-14,17,22H,2-3,6,10,15-16H2,1H3. The van der Waals surface area contributed by atoms with Gasteiger partial charge in [0.2, 0.25) is 0 Å². The van der Waals surface area contributed by atoms with E-state index in [0.717, 1.165) is 43.5 Å². The quantitative estimate of drug-likeness (QED) is 0.613. The molecule has 0 saturated carbocycles. The number of halogens is 1. The molecule has 3 heterocycles. The molecule has 1 saturated heterocycles. The first-order valence-electron chi connectivity index (χ1n) is 10.4. The largest absolute Gasteiger partial charge is 0.353 e. The van der Waals surface area contributed by atoms with Gasteiger partial charge in [-0.3, -0.25) is 9.59 Å². The summed E-state index contributed by atoms with van der Waals surface area (Å²) in [4.78, 5) is 27.9. The van der Waals surface area contributed by atoms with Crippen LogP contribution in [0.15, 0.2) is 65.7 Å². The van der Waals surface area contributed by atoms with Gasteiger partial charge in [-0.1, -0.05) is 42.6 Å². The Balaban J connectivity index is 1.65. The summed E-state index contributed by atoms with van der Waals surface area (Å²) < 4.78 is 3.65. The fourth-order valence-electron chi connectivity index (χ4n) is 4.24. The van der Waals surface area contributed by atoms with Gasteiger partial charge in [-0.05, 0) is 42.7 Å². The maximum absolute atomic E-state index is 13.5. The van der Waals surface area contributed by atoms with Crippen LogP contribution in [0.3, 0.4) is 0 Å². The first-order valence-corrected chi connectivity index (χ1v) is 10.8. The molecule has 0 bridgehead atoms. The van der Waals surface area contributed by atoms with Gasteiger partial charge < -0.3 is 14.0 Å². The van der Waals surface area contributed by atoms with Crippen LogP contribution < -0.4 is 5.56 Å². The summed E-state index contributed by atoms with van der Waals surface area (Å²) >= 11 is 6.27. The Labute approximate surface area is 181 Å². The maximum atomic E-state index is 13.5. The van der Waals surface area contributed by atoms with E-state index in [1.54, 1.807) is 22.9 Å². The summed E-state index contributed by atoms with van der Waals surface area (Å²) in [6.45, 7) is 1.05. The van der Waals surface area contributed by atoms with Crippen LogP contribution in [0.2, 0.25) is 5.02 Å². The number of likely N-dealkylation sites (tertiary alicyclic amines) is 1. The van der Waals surface area contributed by atoms with Crippen LogP contribution in [0, 0.1) is 0 Å². The SMILES string of the molecule is Cn1cccc1C1CCCCCN1C(=O)c1ccc(=O)n(Cc2ccccc2Cl)c1. The molecular weight excluding hydrogens is 398 g/mol. The summed E-state index contributed by atoms with van der Waals surface area (Å²) in [6, 6.07) is 14.7. The molecule has 4 rings (SSSR count). The number of carbonyl (C=O) groups excluding carboxylic acids is 1. The molecule has 1 atom stereocenters. The molecule has 2 aromatic heterocycles. The van der Waals surface area contributed by atoms with Gasteiger partial charge in [0.25, 0.3) is 11.5 Å². The highest BCUT2D eigenvalue weighted by atomic mass is 35.5. The Hall–Kier alpha value is -2.79. The number of rotatable bonds is 4. The van der Waals surface area contributed by atoms with Gasteiger partial charge in [-0.2, -0.15) is 0 Å². The van der Waals surface area contributed by atoms with Crippen molar-refractivity contribution in [3.8, 4) is 0 Å². The van der Waals surface area contributed by atoms with Gasteiger partial charge >= 0.3 is 0 Å². The van der Waals surface area contributed by atoms with Crippen LogP contribution >= 0.6 is 11.6 Å². The molecule has 1 aromatic carbocycles. The molecular formula is C24H26ClN3O2. The minimum absolute atomic E-state index is 0.0315. The lowest BCUT2D eigenvalue weighted by Gasteiger charge is -2.31. The molecule has 1 aliphatic rings. The van der Waals surface area contributed by atoms with E-state index in [9.17, 15) is 9.59 Å². The van der Waals surface area contributed by atoms with Crippen molar-refractivity contribution < 1.29 is 4.79 Å². The van der Waals surface area contributed by atoms with Crippen molar-refractivity contribution >= 4 is 17.5 Å². The highest BCUT2D eigenvalue weighted by Crippen LogP contribution is 2.31. The number of nitrogens with zero attached hydrogens (tertiary/aromatic N) is 3. The summed E-state index contributed by atoms with van der Waals surface area (Å²) in [7, 11) is 2.02. The van der Waals surface area contributed by atoms with Crippen molar-refractivity contribution in [3.63, 3.8) is 0 Å². The molecule has 0 N–H and O–H groups in total. The van der Waals surface area contributed by atoms with Gasteiger partial charge in [-0.15, -0.1) is 0 Å². The number of aromatic nitrogens is 2. The predicted molar refractivity (Wildman–Crippen MR) is 119 cm³/mol. The minimum atomic E-state index is -0.152. The summed E-state index contributed by atoms with van der Waals surface area (Å²) in [5.74, 6) is -0.0315. The summed E-state index contributed by atoms with van der Waals surface area (Å²) in [5, 5.41) is 0.609. The van der Waals surface area contributed by atoms with E-state index in [1.807, 2.05) is 42.4 Å². The molecule has 1 amide bonds. The van der Waals surface area contributed by atoms with Crippen LogP contribution in [0.5, 0.6) is 0 Å². The Morgan fingerprint density at radius 2 is 1.90 bits per heavy atom. The van der Waals surface area contributed by atoms with Gasteiger partial charge in [0.1, 0.15) is 0 Å². The van der Waals surface area contributed by atoms with E-state index < -0.39 is 0 Å². The van der Waals surface area contributed by atoms with Crippen LogP contribution in [-0.4, -0.2) is 26.5 Å². The van der Waals surface area contributed by atoms with Crippen molar-refractivity contribution in [2.45, 2.75) is 38.3 Å². The Morgan fingerprint density at radius 3 is 2.67 bits per heavy atom. The normalized spacial score (nSPS) is 17.0. The lowest BCUT2D eigenvalue weighted by molar-refractivity contribution is 0.0673. The molecule has 3 aromatic rings. The molecule has 0 radical (unpaired) electrons. The van der Waals surface area contributed by atoms with Crippen LogP contribution in [0.25, 0.3) is 0 Å². The second-order valence-corrected chi connectivity index (χ2v) is 8.29. The third-order valence-electron chi connectivity index (χ3n) is 5.87. The van der Waals surface area contributed by atoms with Crippen LogP contribution in [0.4, 0.5) is 0 Å². The molecule has 0 aliphatic carbocycles. The van der Waals surface area contributed by atoms with Gasteiger partial charge in [0.05, 0.1) is 18.2 Å². The Kier molecular flexibility index (Phi) is 6.09. The molecule has 30 heavy (non-hydrogen) atoms. The highest BCUT2D eigenvalue weighted by Gasteiger charge is 2.29. The predicted octanol–water partition coefficient (Wildman–Crippen LogP) is 4.65. The van der Waals surface area contributed by atoms with E-state index in [0.29, 0.717) is 17.1 Å². The maximum Gasteiger partial charge on any atom is 0.255 e. The second-order valence-electron chi connectivity index (χ2n) is 7.88. The average molecular weight is 424 g/mol. The molecule has 1 aliphatic heterocycles. The van der Waals surface area contributed by atoms with Crippen molar-refractivity contribution in [2.24, 2.45) is 7.05 Å². The van der Waals surface area contributed by atoms with E-state index in [4.69, 9.17) is 11.6 Å². The van der Waals surface area contributed by atoms with Crippen molar-refractivity contribution in [2.75, 3.05) is 6.54 Å². The first-order chi connectivity index (χ1) is 14.5. The fourth-order valence-corrected chi connectivity index (χ4v) is 4.43. The van der Waals surface area contributed by atoms with Crippen LogP contribution in [0.1, 0.15) is 53.3 Å². The minimum Gasteiger partial charge on any atom is -0.353 e. The number of benzene rings is 1. The summed E-state index contributed by atoms with van der Waals surface area (Å²) in [5.41, 5.74) is 2.38. The second kappa shape index (κ2) is 8.92. The Bertz CT molecular complexity index is 1100. The molecule has 6 heteroatoms. The smallest absolute Gasteiger partial charge is 0.255 e. The topological polar surface area (TPSA) is 47.2 Å². The lowest BCUT2D eigenvalue weighted by atomic mass is 10.1. The molecule has 1 unspecified atom stereocenters. The van der Waals surface area contributed by atoms with E-state index in [2.05, 4.69) is 10.6 Å². The third-order valence-corrected chi connectivity index (χ3v) is 6.24. The molecule has 1 fully saturated rings. The van der Waals surface area contributed by atoms with Gasteiger partial charge in [0.15, 0.2) is 0 Å². The number of amides is 1. The summed E-state index contributed by atoms with van der Waals surface area (Å²) in [6.07, 6.45) is 7.85. The van der Waals surface area contributed by atoms with Crippen LogP contribution in [-0.2, 0) is 13.6 Å². The number of hydrogen-bond donors (Lipinski definition) is 0. The Morgan fingerprint density at radius 1 is 1.07 bits per heavy atom.